The van der Waals surface area contributed by atoms with Gasteiger partial charge >= 0.3 is 0 Å². The number of rotatable bonds is 0. The lowest BCUT2D eigenvalue weighted by molar-refractivity contribution is -0.0911. The zero-order valence-corrected chi connectivity index (χ0v) is 17.7. The lowest BCUT2D eigenvalue weighted by Crippen LogP contribution is -2.68. The molecule has 7 rings (SSSR count). The Labute approximate surface area is 176 Å². The number of hydrogen-bond donors (Lipinski definition) is 1. The molecular weight excluding hydrogens is 372 g/mol. The van der Waals surface area contributed by atoms with Gasteiger partial charge in [-0.05, 0) is 68.6 Å². The van der Waals surface area contributed by atoms with E-state index in [2.05, 4.69) is 56.1 Å². The summed E-state index contributed by atoms with van der Waals surface area (Å²) >= 11 is 0. The molecule has 2 aromatic carbocycles. The van der Waals surface area contributed by atoms with Crippen LogP contribution in [0.5, 0.6) is 11.5 Å². The predicted molar refractivity (Wildman–Crippen MR) is 116 cm³/mol. The fourth-order valence-corrected chi connectivity index (χ4v) is 7.56. The van der Waals surface area contributed by atoms with Gasteiger partial charge in [-0.1, -0.05) is 31.2 Å². The van der Waals surface area contributed by atoms with Crippen molar-refractivity contribution in [3.8, 4) is 11.5 Å². The molecule has 0 unspecified atom stereocenters. The Balaban J connectivity index is 1.61. The van der Waals surface area contributed by atoms with Crippen molar-refractivity contribution in [2.24, 2.45) is 5.41 Å². The van der Waals surface area contributed by atoms with E-state index < -0.39 is 0 Å². The van der Waals surface area contributed by atoms with Gasteiger partial charge in [0.2, 0.25) is 0 Å². The summed E-state index contributed by atoms with van der Waals surface area (Å²) in [5.41, 5.74) is 7.36. The number of phenolic OH excluding ortho intramolecular Hbond substituents is 1. The number of phenols is 1. The summed E-state index contributed by atoms with van der Waals surface area (Å²) in [4.78, 5) is 7.75. The lowest BCUT2D eigenvalue weighted by Gasteiger charge is -2.64. The van der Waals surface area contributed by atoms with Crippen molar-refractivity contribution >= 4 is 10.9 Å². The highest BCUT2D eigenvalue weighted by atomic mass is 16.5. The molecule has 2 bridgehead atoms. The van der Waals surface area contributed by atoms with Gasteiger partial charge in [0, 0.05) is 22.4 Å². The molecule has 3 aromatic rings. The predicted octanol–water partition coefficient (Wildman–Crippen LogP) is 4.44. The second-order valence-corrected chi connectivity index (χ2v) is 10.1. The van der Waals surface area contributed by atoms with Crippen LogP contribution in [0.3, 0.4) is 0 Å². The SMILES string of the molecule is Cc1c2c(nc3ccccc13)[C@@H]1Oc3c(O)ccc4c3[C@@]13CCN(C)[C@@H](C4)[C@]3(C)C2. The highest BCUT2D eigenvalue weighted by Crippen LogP contribution is 2.71. The van der Waals surface area contributed by atoms with Gasteiger partial charge in [0.05, 0.1) is 16.6 Å². The van der Waals surface area contributed by atoms with Crippen LogP contribution in [-0.2, 0) is 18.3 Å². The summed E-state index contributed by atoms with van der Waals surface area (Å²) in [6.45, 7) is 5.78. The van der Waals surface area contributed by atoms with Crippen LogP contribution in [0.4, 0.5) is 0 Å². The van der Waals surface area contributed by atoms with Crippen molar-refractivity contribution < 1.29 is 9.84 Å². The molecule has 3 heterocycles. The van der Waals surface area contributed by atoms with Crippen LogP contribution in [-0.4, -0.2) is 34.6 Å². The number of aromatic hydroxyl groups is 1. The van der Waals surface area contributed by atoms with E-state index in [9.17, 15) is 5.11 Å². The minimum atomic E-state index is -0.131. The summed E-state index contributed by atoms with van der Waals surface area (Å²) in [6, 6.07) is 12.9. The monoisotopic (exact) mass is 398 g/mol. The van der Waals surface area contributed by atoms with Crippen LogP contribution in [0, 0.1) is 12.3 Å². The molecule has 30 heavy (non-hydrogen) atoms. The van der Waals surface area contributed by atoms with E-state index in [1.807, 2.05) is 6.07 Å². The summed E-state index contributed by atoms with van der Waals surface area (Å²) in [5.74, 6) is 0.989. The number of para-hydroxylation sites is 1. The number of aromatic nitrogens is 1. The summed E-state index contributed by atoms with van der Waals surface area (Å²) < 4.78 is 6.71. The topological polar surface area (TPSA) is 45.6 Å². The van der Waals surface area contributed by atoms with Gasteiger partial charge in [-0.2, -0.15) is 0 Å². The van der Waals surface area contributed by atoms with Crippen molar-refractivity contribution in [2.75, 3.05) is 13.6 Å². The zero-order chi connectivity index (χ0) is 20.4. The Morgan fingerprint density at radius 3 is 2.90 bits per heavy atom. The molecule has 1 saturated heterocycles. The van der Waals surface area contributed by atoms with Crippen molar-refractivity contribution in [1.29, 1.82) is 0 Å². The first-order valence-electron chi connectivity index (χ1n) is 11.1. The Bertz CT molecular complexity index is 1270. The number of fused-ring (bicyclic) bond motifs is 3. The maximum absolute atomic E-state index is 10.8. The fourth-order valence-electron chi connectivity index (χ4n) is 7.56. The van der Waals surface area contributed by atoms with E-state index in [-0.39, 0.29) is 22.7 Å². The van der Waals surface area contributed by atoms with E-state index in [1.54, 1.807) is 0 Å². The van der Waals surface area contributed by atoms with Gasteiger partial charge in [-0.25, -0.2) is 4.98 Å². The Morgan fingerprint density at radius 2 is 2.03 bits per heavy atom. The highest BCUT2D eigenvalue weighted by Gasteiger charge is 2.70. The largest absolute Gasteiger partial charge is 0.504 e. The smallest absolute Gasteiger partial charge is 0.166 e. The molecule has 1 fully saturated rings. The molecule has 2 aliphatic carbocycles. The third kappa shape index (κ3) is 1.66. The van der Waals surface area contributed by atoms with Gasteiger partial charge in [0.25, 0.3) is 0 Å². The van der Waals surface area contributed by atoms with E-state index in [0.29, 0.717) is 11.8 Å². The molecule has 2 aliphatic heterocycles. The van der Waals surface area contributed by atoms with Crippen molar-refractivity contribution in [3.05, 3.63) is 64.3 Å². The normalized spacial score (nSPS) is 33.2. The van der Waals surface area contributed by atoms with Gasteiger partial charge in [-0.3, -0.25) is 0 Å². The van der Waals surface area contributed by atoms with Crippen LogP contribution in [0.25, 0.3) is 10.9 Å². The van der Waals surface area contributed by atoms with Crippen molar-refractivity contribution in [3.63, 3.8) is 0 Å². The Kier molecular flexibility index (Phi) is 2.95. The maximum Gasteiger partial charge on any atom is 0.166 e. The van der Waals surface area contributed by atoms with Crippen LogP contribution >= 0.6 is 0 Å². The second kappa shape index (κ2) is 5.17. The summed E-state index contributed by atoms with van der Waals surface area (Å²) in [6.07, 6.45) is 2.93. The number of hydrogen-bond acceptors (Lipinski definition) is 4. The molecule has 4 atom stereocenters. The Hall–Kier alpha value is -2.59. The van der Waals surface area contributed by atoms with Crippen LogP contribution in [0.1, 0.15) is 47.4 Å². The average Bonchev–Trinajstić information content (AvgIpc) is 3.09. The minimum absolute atomic E-state index is 0.0403. The number of aryl methyl sites for hydroxylation is 1. The van der Waals surface area contributed by atoms with E-state index in [0.717, 1.165) is 37.0 Å². The van der Waals surface area contributed by atoms with Crippen LogP contribution in [0.15, 0.2) is 36.4 Å². The first-order valence-corrected chi connectivity index (χ1v) is 11.1. The number of likely N-dealkylation sites (N-methyl/N-ethyl adjacent to an activating group) is 1. The zero-order valence-electron chi connectivity index (χ0n) is 17.7. The quantitative estimate of drug-likeness (QED) is 0.608. The molecule has 0 amide bonds. The molecule has 4 aliphatic rings. The standard InChI is InChI=1S/C26H26N2O2/c1-14-16-6-4-5-7-18(16)27-22-17(14)13-25(2)20-12-15-8-9-19(29)23-21(15)26(25,24(22)30-23)10-11-28(20)3/h4-9,20,24,29H,10-13H2,1-3H3/t20-,24-,25-,26-/m0/s1. The van der Waals surface area contributed by atoms with E-state index in [4.69, 9.17) is 9.72 Å². The third-order valence-corrected chi connectivity index (χ3v) is 9.01. The van der Waals surface area contributed by atoms with Crippen LogP contribution < -0.4 is 4.74 Å². The number of piperidine rings is 1. The highest BCUT2D eigenvalue weighted by molar-refractivity contribution is 5.84. The number of ether oxygens (including phenoxy) is 1. The van der Waals surface area contributed by atoms with Crippen molar-refractivity contribution in [2.45, 2.75) is 50.7 Å². The van der Waals surface area contributed by atoms with Crippen molar-refractivity contribution in [1.82, 2.24) is 9.88 Å². The molecule has 4 nitrogen and oxygen atoms in total. The molecule has 4 heteroatoms. The lowest BCUT2D eigenvalue weighted by atomic mass is 9.44. The number of pyridine rings is 1. The molecule has 1 aromatic heterocycles. The van der Waals surface area contributed by atoms with Gasteiger partial charge in [-0.15, -0.1) is 0 Å². The number of likely N-dealkylation sites (tertiary alicyclic amines) is 1. The summed E-state index contributed by atoms with van der Waals surface area (Å²) in [5, 5.41) is 12.0. The first kappa shape index (κ1) is 17.1. The third-order valence-electron chi connectivity index (χ3n) is 9.01. The molecule has 1 spiro atoms. The maximum atomic E-state index is 10.8. The van der Waals surface area contributed by atoms with Gasteiger partial charge in [0.15, 0.2) is 17.6 Å². The fraction of sp³-hybridized carbons (Fsp3) is 0.423. The molecule has 1 N–H and O–H groups in total. The van der Waals surface area contributed by atoms with Gasteiger partial charge < -0.3 is 14.7 Å². The molecular formula is C26H26N2O2. The summed E-state index contributed by atoms with van der Waals surface area (Å²) in [7, 11) is 2.28. The second-order valence-electron chi connectivity index (χ2n) is 10.1. The minimum Gasteiger partial charge on any atom is -0.504 e. The van der Waals surface area contributed by atoms with E-state index in [1.165, 1.54) is 27.6 Å². The average molecular weight is 399 g/mol. The Morgan fingerprint density at radius 1 is 1.20 bits per heavy atom. The van der Waals surface area contributed by atoms with E-state index >= 15 is 0 Å². The van der Waals surface area contributed by atoms with Gasteiger partial charge in [0.1, 0.15) is 0 Å². The number of nitrogens with zero attached hydrogens (tertiary/aromatic N) is 2. The molecule has 0 saturated carbocycles. The number of benzene rings is 2. The molecule has 152 valence electrons. The van der Waals surface area contributed by atoms with Crippen LogP contribution in [0.2, 0.25) is 0 Å². The first-order chi connectivity index (χ1) is 14.5. The molecule has 0 radical (unpaired) electrons.